The lowest BCUT2D eigenvalue weighted by Crippen LogP contribution is -2.40. The first-order valence-corrected chi connectivity index (χ1v) is 12.2. The first-order chi connectivity index (χ1) is 12.1. The molecule has 1 heterocycles. The number of hydrogen-bond donors (Lipinski definition) is 1. The number of aliphatic hydroxyl groups excluding tert-OH is 1. The summed E-state index contributed by atoms with van der Waals surface area (Å²) in [5, 5.41) is 9.61. The van der Waals surface area contributed by atoms with Crippen LogP contribution in [-0.4, -0.2) is 20.0 Å². The van der Waals surface area contributed by atoms with Gasteiger partial charge in [-0.2, -0.15) is 0 Å². The molecule has 0 saturated carbocycles. The Bertz CT molecular complexity index is 723. The van der Waals surface area contributed by atoms with E-state index >= 15 is 0 Å². The molecule has 0 spiro atoms. The van der Waals surface area contributed by atoms with E-state index in [1.54, 1.807) is 0 Å². The molecule has 0 radical (unpaired) electrons. The molecule has 2 aromatic rings. The van der Waals surface area contributed by atoms with Crippen LogP contribution in [0.1, 0.15) is 57.1 Å². The highest BCUT2D eigenvalue weighted by atomic mass is 28.4. The number of rotatable bonds is 7. The van der Waals surface area contributed by atoms with Crippen molar-refractivity contribution < 1.29 is 13.9 Å². The number of furan rings is 1. The molecule has 1 aromatic heterocycles. The van der Waals surface area contributed by atoms with Crippen LogP contribution in [0.4, 0.5) is 0 Å². The molecule has 0 saturated heterocycles. The van der Waals surface area contributed by atoms with Crippen molar-refractivity contribution in [1.29, 1.82) is 0 Å². The van der Waals surface area contributed by atoms with Crippen LogP contribution in [0.15, 0.2) is 52.6 Å². The maximum atomic E-state index is 9.45. The first kappa shape index (κ1) is 20.5. The van der Waals surface area contributed by atoms with Gasteiger partial charge in [-0.15, -0.1) is 0 Å². The lowest BCUT2D eigenvalue weighted by Gasteiger charge is -2.36. The fourth-order valence-electron chi connectivity index (χ4n) is 2.71. The Morgan fingerprint density at radius 3 is 2.38 bits per heavy atom. The van der Waals surface area contributed by atoms with Crippen molar-refractivity contribution in [3.63, 3.8) is 0 Å². The van der Waals surface area contributed by atoms with Crippen LogP contribution >= 0.6 is 0 Å². The Morgan fingerprint density at radius 2 is 1.81 bits per heavy atom. The van der Waals surface area contributed by atoms with Gasteiger partial charge < -0.3 is 13.9 Å². The Kier molecular flexibility index (Phi) is 6.53. The average molecular weight is 373 g/mol. The number of aliphatic hydroxyl groups is 1. The SMILES string of the molecule is C/C(=C/c1ccc([C@@H](CCO)c2ccccc2)o1)O[Si](C)(C)C(C)(C)C. The number of allylic oxidation sites excluding steroid dienone is 1. The van der Waals surface area contributed by atoms with Gasteiger partial charge in [-0.3, -0.25) is 0 Å². The van der Waals surface area contributed by atoms with Crippen LogP contribution in [0.2, 0.25) is 18.1 Å². The summed E-state index contributed by atoms with van der Waals surface area (Å²) >= 11 is 0. The maximum Gasteiger partial charge on any atom is 0.250 e. The van der Waals surface area contributed by atoms with Crippen molar-refractivity contribution in [2.45, 2.75) is 58.2 Å². The third-order valence-electron chi connectivity index (χ3n) is 5.18. The second-order valence-electron chi connectivity index (χ2n) is 8.33. The minimum absolute atomic E-state index is 0.0602. The zero-order valence-electron chi connectivity index (χ0n) is 16.9. The van der Waals surface area contributed by atoms with E-state index in [0.717, 1.165) is 22.8 Å². The summed E-state index contributed by atoms with van der Waals surface area (Å²) < 4.78 is 12.4. The molecule has 4 heteroatoms. The zero-order chi connectivity index (χ0) is 19.4. The zero-order valence-corrected chi connectivity index (χ0v) is 17.9. The summed E-state index contributed by atoms with van der Waals surface area (Å²) in [5.74, 6) is 2.60. The van der Waals surface area contributed by atoms with Gasteiger partial charge in [-0.25, -0.2) is 0 Å². The standard InChI is InChI=1S/C22H32O3Si/c1-17(25-26(5,6)22(2,3)4)16-19-12-13-21(24-19)20(14-15-23)18-10-8-7-9-11-18/h7-13,16,20,23H,14-15H2,1-6H3/b17-16-/t20-/m0/s1. The third kappa shape index (κ3) is 5.12. The van der Waals surface area contributed by atoms with Crippen molar-refractivity contribution in [2.75, 3.05) is 6.61 Å². The van der Waals surface area contributed by atoms with Gasteiger partial charge in [-0.1, -0.05) is 51.1 Å². The molecule has 0 aliphatic carbocycles. The highest BCUT2D eigenvalue weighted by Gasteiger charge is 2.38. The fraction of sp³-hybridized carbons (Fsp3) is 0.455. The second-order valence-corrected chi connectivity index (χ2v) is 13.1. The van der Waals surface area contributed by atoms with Gasteiger partial charge in [0.2, 0.25) is 8.32 Å². The van der Waals surface area contributed by atoms with Crippen LogP contribution in [0.5, 0.6) is 0 Å². The van der Waals surface area contributed by atoms with E-state index in [9.17, 15) is 5.11 Å². The predicted molar refractivity (Wildman–Crippen MR) is 111 cm³/mol. The minimum atomic E-state index is -1.85. The maximum absolute atomic E-state index is 9.45. The van der Waals surface area contributed by atoms with Gasteiger partial charge in [0.25, 0.3) is 0 Å². The molecule has 0 bridgehead atoms. The van der Waals surface area contributed by atoms with Gasteiger partial charge in [0.05, 0.1) is 5.76 Å². The Morgan fingerprint density at radius 1 is 1.15 bits per heavy atom. The highest BCUT2D eigenvalue weighted by Crippen LogP contribution is 2.38. The quantitative estimate of drug-likeness (QED) is 0.466. The Hall–Kier alpha value is -1.78. The van der Waals surface area contributed by atoms with E-state index in [2.05, 4.69) is 46.0 Å². The molecule has 3 nitrogen and oxygen atoms in total. The molecular formula is C22H32O3Si. The normalized spacial score (nSPS) is 14.3. The van der Waals surface area contributed by atoms with Crippen LogP contribution < -0.4 is 0 Å². The van der Waals surface area contributed by atoms with E-state index in [4.69, 9.17) is 8.84 Å². The smallest absolute Gasteiger partial charge is 0.250 e. The summed E-state index contributed by atoms with van der Waals surface area (Å²) in [6.07, 6.45) is 2.60. The molecular weight excluding hydrogens is 340 g/mol. The predicted octanol–water partition coefficient (Wildman–Crippen LogP) is 6.18. The van der Waals surface area contributed by atoms with Gasteiger partial charge in [0.15, 0.2) is 0 Å². The molecule has 2 rings (SSSR count). The monoisotopic (exact) mass is 372 g/mol. The van der Waals surface area contributed by atoms with E-state index in [1.807, 2.05) is 43.3 Å². The molecule has 0 aliphatic heterocycles. The Labute approximate surface area is 158 Å². The van der Waals surface area contributed by atoms with Gasteiger partial charge in [0.1, 0.15) is 11.5 Å². The fourth-order valence-corrected chi connectivity index (χ4v) is 3.88. The van der Waals surface area contributed by atoms with Crippen molar-refractivity contribution >= 4 is 14.4 Å². The molecule has 26 heavy (non-hydrogen) atoms. The molecule has 0 aliphatic rings. The highest BCUT2D eigenvalue weighted by molar-refractivity contribution is 6.74. The summed E-state index contributed by atoms with van der Waals surface area (Å²) in [6, 6.07) is 14.1. The van der Waals surface area contributed by atoms with Crippen molar-refractivity contribution in [2.24, 2.45) is 0 Å². The summed E-state index contributed by atoms with van der Waals surface area (Å²) in [7, 11) is -1.85. The van der Waals surface area contributed by atoms with E-state index in [1.165, 1.54) is 0 Å². The summed E-state index contributed by atoms with van der Waals surface area (Å²) in [4.78, 5) is 0. The van der Waals surface area contributed by atoms with Crippen molar-refractivity contribution in [1.82, 2.24) is 0 Å². The van der Waals surface area contributed by atoms with Crippen LogP contribution in [0.3, 0.4) is 0 Å². The van der Waals surface area contributed by atoms with Gasteiger partial charge >= 0.3 is 0 Å². The van der Waals surface area contributed by atoms with E-state index < -0.39 is 8.32 Å². The average Bonchev–Trinajstić information content (AvgIpc) is 2.99. The molecule has 142 valence electrons. The van der Waals surface area contributed by atoms with Crippen LogP contribution in [0.25, 0.3) is 6.08 Å². The first-order valence-electron chi connectivity index (χ1n) is 9.27. The lowest BCUT2D eigenvalue weighted by atomic mass is 9.94. The summed E-state index contributed by atoms with van der Waals surface area (Å²) in [5.41, 5.74) is 1.15. The molecule has 1 aromatic carbocycles. The van der Waals surface area contributed by atoms with E-state index in [-0.39, 0.29) is 17.6 Å². The largest absolute Gasteiger partial charge is 0.547 e. The number of benzene rings is 1. The Balaban J connectivity index is 2.20. The molecule has 1 N–H and O–H groups in total. The van der Waals surface area contributed by atoms with E-state index in [0.29, 0.717) is 6.42 Å². The topological polar surface area (TPSA) is 42.6 Å². The van der Waals surface area contributed by atoms with Crippen molar-refractivity contribution in [3.05, 3.63) is 65.3 Å². The van der Waals surface area contributed by atoms with Gasteiger partial charge in [-0.05, 0) is 49.2 Å². The number of hydrogen-bond acceptors (Lipinski definition) is 3. The molecule has 0 amide bonds. The molecule has 0 unspecified atom stereocenters. The van der Waals surface area contributed by atoms with Crippen molar-refractivity contribution in [3.8, 4) is 0 Å². The van der Waals surface area contributed by atoms with Crippen LogP contribution in [-0.2, 0) is 4.43 Å². The molecule has 0 fully saturated rings. The second kappa shape index (κ2) is 8.27. The molecule has 1 atom stereocenters. The van der Waals surface area contributed by atoms with Gasteiger partial charge in [0, 0.05) is 18.6 Å². The summed E-state index contributed by atoms with van der Waals surface area (Å²) in [6.45, 7) is 13.3. The van der Waals surface area contributed by atoms with Crippen LogP contribution in [0, 0.1) is 0 Å². The minimum Gasteiger partial charge on any atom is -0.547 e. The third-order valence-corrected chi connectivity index (χ3v) is 9.62. The lowest BCUT2D eigenvalue weighted by molar-refractivity contribution is 0.275.